The first kappa shape index (κ1) is 24.3. The fourth-order valence-corrected chi connectivity index (χ4v) is 3.84. The lowest BCUT2D eigenvalue weighted by Crippen LogP contribution is -2.40. The number of esters is 1. The molecule has 1 amide bonds. The Balaban J connectivity index is 0.000000501. The first-order valence-corrected chi connectivity index (χ1v) is 10.6. The number of anilines is 1. The van der Waals surface area contributed by atoms with E-state index in [1.165, 1.54) is 17.5 Å². The van der Waals surface area contributed by atoms with Gasteiger partial charge in [0, 0.05) is 25.2 Å². The van der Waals surface area contributed by atoms with Crippen molar-refractivity contribution in [2.24, 2.45) is 5.92 Å². The molecule has 31 heavy (non-hydrogen) atoms. The molecule has 2 aliphatic rings. The lowest BCUT2D eigenvalue weighted by molar-refractivity contribution is -0.159. The first-order valence-electron chi connectivity index (χ1n) is 10.6. The lowest BCUT2D eigenvalue weighted by Gasteiger charge is -2.31. The monoisotopic (exact) mass is 434 g/mol. The Kier molecular flexibility index (Phi) is 9.45. The molecule has 1 unspecified atom stereocenters. The molecule has 1 aromatic carbocycles. The molecule has 3 N–H and O–H groups in total. The van der Waals surface area contributed by atoms with E-state index in [0.717, 1.165) is 37.9 Å². The molecule has 3 rings (SSSR count). The number of carboxylic acid groups (broad SMARTS) is 2. The average Bonchev–Trinajstić information content (AvgIpc) is 3.21. The number of aliphatic carboxylic acids is 2. The zero-order chi connectivity index (χ0) is 22.8. The zero-order valence-electron chi connectivity index (χ0n) is 17.8. The van der Waals surface area contributed by atoms with Crippen LogP contribution < -0.4 is 5.32 Å². The van der Waals surface area contributed by atoms with Gasteiger partial charge >= 0.3 is 17.9 Å². The van der Waals surface area contributed by atoms with E-state index >= 15 is 0 Å². The third-order valence-electron chi connectivity index (χ3n) is 5.35. The van der Waals surface area contributed by atoms with Gasteiger partial charge in [-0.25, -0.2) is 9.59 Å². The molecule has 1 aliphatic heterocycles. The van der Waals surface area contributed by atoms with Crippen LogP contribution in [0.5, 0.6) is 0 Å². The SMILES string of the molecule is CCOC(=O)C1CCCN(CCC(=O)Nc2ccc3c(c2)CCC3)C1.O=C(O)C(=O)O. The topological polar surface area (TPSA) is 133 Å². The van der Waals surface area contributed by atoms with Crippen LogP contribution in [-0.2, 0) is 36.8 Å². The molecule has 1 fully saturated rings. The molecule has 170 valence electrons. The van der Waals surface area contributed by atoms with Gasteiger partial charge in [0.15, 0.2) is 0 Å². The Hall–Kier alpha value is -2.94. The van der Waals surface area contributed by atoms with Crippen LogP contribution in [0.4, 0.5) is 5.69 Å². The van der Waals surface area contributed by atoms with Crippen LogP contribution in [0.3, 0.4) is 0 Å². The van der Waals surface area contributed by atoms with Gasteiger partial charge in [0.05, 0.1) is 12.5 Å². The second-order valence-corrected chi connectivity index (χ2v) is 7.64. The summed E-state index contributed by atoms with van der Waals surface area (Å²) >= 11 is 0. The van der Waals surface area contributed by atoms with Crippen molar-refractivity contribution in [3.63, 3.8) is 0 Å². The standard InChI is InChI=1S/C20H28N2O3.C2H2O4/c1-2-25-20(24)17-7-4-11-22(14-17)12-10-19(23)21-18-9-8-15-5-3-6-16(15)13-18;3-1(4)2(5)6/h8-9,13,17H,2-7,10-12,14H2,1H3,(H,21,23);(H,3,4)(H,5,6). The third kappa shape index (κ3) is 8.01. The second kappa shape index (κ2) is 12.0. The Morgan fingerprint density at radius 2 is 1.81 bits per heavy atom. The number of piperidine rings is 1. The largest absolute Gasteiger partial charge is 0.473 e. The Bertz CT molecular complexity index is 797. The number of nitrogens with one attached hydrogen (secondary N) is 1. The van der Waals surface area contributed by atoms with Crippen LogP contribution in [0.1, 0.15) is 43.7 Å². The van der Waals surface area contributed by atoms with Crippen molar-refractivity contribution < 1.29 is 34.1 Å². The fourth-order valence-electron chi connectivity index (χ4n) is 3.84. The summed E-state index contributed by atoms with van der Waals surface area (Å²) in [5, 5.41) is 17.8. The van der Waals surface area contributed by atoms with E-state index in [9.17, 15) is 9.59 Å². The van der Waals surface area contributed by atoms with Crippen LogP contribution in [-0.4, -0.2) is 65.2 Å². The first-order chi connectivity index (χ1) is 14.8. The van der Waals surface area contributed by atoms with Crippen molar-refractivity contribution in [3.05, 3.63) is 29.3 Å². The van der Waals surface area contributed by atoms with Gasteiger partial charge in [0.2, 0.25) is 5.91 Å². The number of fused-ring (bicyclic) bond motifs is 1. The number of nitrogens with zero attached hydrogens (tertiary/aromatic N) is 1. The van der Waals surface area contributed by atoms with Crippen molar-refractivity contribution in [2.75, 3.05) is 31.6 Å². The number of benzene rings is 1. The Labute approximate surface area is 181 Å². The number of hydrogen-bond acceptors (Lipinski definition) is 6. The van der Waals surface area contributed by atoms with Gasteiger partial charge in [-0.05, 0) is 68.8 Å². The third-order valence-corrected chi connectivity index (χ3v) is 5.35. The highest BCUT2D eigenvalue weighted by Crippen LogP contribution is 2.25. The summed E-state index contributed by atoms with van der Waals surface area (Å²) in [4.78, 5) is 44.5. The number of hydrogen-bond donors (Lipinski definition) is 3. The van der Waals surface area contributed by atoms with Crippen LogP contribution in [0.25, 0.3) is 0 Å². The zero-order valence-corrected chi connectivity index (χ0v) is 17.8. The number of carbonyl (C=O) groups is 4. The number of carboxylic acids is 2. The molecule has 9 heteroatoms. The number of amides is 1. The maximum absolute atomic E-state index is 12.2. The fraction of sp³-hybridized carbons (Fsp3) is 0.545. The normalized spacial score (nSPS) is 17.6. The van der Waals surface area contributed by atoms with Crippen LogP contribution in [0, 0.1) is 5.92 Å². The predicted octanol–water partition coefficient (Wildman–Crippen LogP) is 1.93. The average molecular weight is 434 g/mol. The molecule has 0 saturated carbocycles. The highest BCUT2D eigenvalue weighted by molar-refractivity contribution is 6.27. The van der Waals surface area contributed by atoms with Crippen LogP contribution >= 0.6 is 0 Å². The van der Waals surface area contributed by atoms with Crippen molar-refractivity contribution in [1.29, 1.82) is 0 Å². The molecule has 1 saturated heterocycles. The van der Waals surface area contributed by atoms with Gasteiger partial charge in [-0.2, -0.15) is 0 Å². The number of ether oxygens (including phenoxy) is 1. The summed E-state index contributed by atoms with van der Waals surface area (Å²) in [6, 6.07) is 6.24. The molecule has 0 bridgehead atoms. The number of carbonyl (C=O) groups excluding carboxylic acids is 2. The minimum atomic E-state index is -1.82. The summed E-state index contributed by atoms with van der Waals surface area (Å²) in [5.41, 5.74) is 3.68. The molecule has 0 spiro atoms. The Morgan fingerprint density at radius 1 is 1.10 bits per heavy atom. The van der Waals surface area contributed by atoms with Gasteiger partial charge in [-0.1, -0.05) is 6.07 Å². The molecule has 1 aromatic rings. The Morgan fingerprint density at radius 3 is 2.48 bits per heavy atom. The molecular weight excluding hydrogens is 404 g/mol. The van der Waals surface area contributed by atoms with Crippen molar-refractivity contribution in [2.45, 2.75) is 45.4 Å². The van der Waals surface area contributed by atoms with E-state index in [-0.39, 0.29) is 17.8 Å². The number of likely N-dealkylation sites (tertiary alicyclic amines) is 1. The summed E-state index contributed by atoms with van der Waals surface area (Å²) < 4.78 is 5.13. The smallest absolute Gasteiger partial charge is 0.414 e. The van der Waals surface area contributed by atoms with Crippen molar-refractivity contribution >= 4 is 29.5 Å². The summed E-state index contributed by atoms with van der Waals surface area (Å²) in [6.45, 7) is 4.60. The maximum Gasteiger partial charge on any atom is 0.414 e. The molecule has 1 aliphatic carbocycles. The summed E-state index contributed by atoms with van der Waals surface area (Å²) in [7, 11) is 0. The highest BCUT2D eigenvalue weighted by atomic mass is 16.5. The van der Waals surface area contributed by atoms with Crippen molar-refractivity contribution in [1.82, 2.24) is 4.90 Å². The highest BCUT2D eigenvalue weighted by Gasteiger charge is 2.26. The van der Waals surface area contributed by atoms with Gasteiger partial charge in [-0.15, -0.1) is 0 Å². The van der Waals surface area contributed by atoms with E-state index in [2.05, 4.69) is 22.3 Å². The predicted molar refractivity (Wildman–Crippen MR) is 113 cm³/mol. The minimum Gasteiger partial charge on any atom is -0.473 e. The molecule has 9 nitrogen and oxygen atoms in total. The lowest BCUT2D eigenvalue weighted by atomic mass is 9.98. The van der Waals surface area contributed by atoms with Gasteiger partial charge in [0.1, 0.15) is 0 Å². The van der Waals surface area contributed by atoms with E-state index in [4.69, 9.17) is 24.5 Å². The van der Waals surface area contributed by atoms with Crippen molar-refractivity contribution in [3.8, 4) is 0 Å². The van der Waals surface area contributed by atoms with E-state index in [1.54, 1.807) is 0 Å². The number of aryl methyl sites for hydroxylation is 2. The molecular formula is C22H30N2O7. The van der Waals surface area contributed by atoms with Gasteiger partial charge in [0.25, 0.3) is 0 Å². The maximum atomic E-state index is 12.2. The number of rotatable bonds is 6. The second-order valence-electron chi connectivity index (χ2n) is 7.64. The molecule has 1 heterocycles. The molecule has 0 radical (unpaired) electrons. The van der Waals surface area contributed by atoms with E-state index < -0.39 is 11.9 Å². The summed E-state index contributed by atoms with van der Waals surface area (Å²) in [6.07, 6.45) is 5.80. The van der Waals surface area contributed by atoms with Gasteiger partial charge < -0.3 is 25.2 Å². The van der Waals surface area contributed by atoms with Crippen LogP contribution in [0.15, 0.2) is 18.2 Å². The van der Waals surface area contributed by atoms with Gasteiger partial charge in [-0.3, -0.25) is 9.59 Å². The quantitative estimate of drug-likeness (QED) is 0.457. The molecule has 0 aromatic heterocycles. The van der Waals surface area contributed by atoms with E-state index in [1.807, 2.05) is 13.0 Å². The minimum absolute atomic E-state index is 0.0382. The van der Waals surface area contributed by atoms with Crippen LogP contribution in [0.2, 0.25) is 0 Å². The summed E-state index contributed by atoms with van der Waals surface area (Å²) in [5.74, 6) is -3.76. The molecule has 1 atom stereocenters. The van der Waals surface area contributed by atoms with E-state index in [0.29, 0.717) is 26.1 Å².